The second kappa shape index (κ2) is 19.8. The van der Waals surface area contributed by atoms with E-state index in [0.717, 1.165) is 86.3 Å². The van der Waals surface area contributed by atoms with Crippen LogP contribution in [0.3, 0.4) is 0 Å². The lowest BCUT2D eigenvalue weighted by molar-refractivity contribution is -0.777. The Balaban J connectivity index is 1.16. The van der Waals surface area contributed by atoms with Gasteiger partial charge in [-0.25, -0.2) is 13.2 Å². The molecule has 3 aliphatic rings. The van der Waals surface area contributed by atoms with Gasteiger partial charge >= 0.3 is 5.97 Å². The summed E-state index contributed by atoms with van der Waals surface area (Å²) in [6.45, 7) is 10.0. The molecule has 0 spiro atoms. The van der Waals surface area contributed by atoms with E-state index in [1.165, 1.54) is 24.3 Å². The fraction of sp³-hybridized carbons (Fsp3) is 0.308. The van der Waals surface area contributed by atoms with E-state index in [1.807, 2.05) is 48.6 Å². The number of carbonyl (C=O) groups is 3. The molecule has 0 radical (unpaired) electrons. The summed E-state index contributed by atoms with van der Waals surface area (Å²) >= 11 is 0.846. The molecule has 0 atom stereocenters. The minimum atomic E-state index is -4.66. The molecule has 8 rings (SSSR count). The van der Waals surface area contributed by atoms with E-state index < -0.39 is 26.9 Å². The third-order valence-corrected chi connectivity index (χ3v) is 14.5. The fourth-order valence-corrected chi connectivity index (χ4v) is 11.0. The lowest BCUT2D eigenvalue weighted by Gasteiger charge is -2.27. The third-order valence-electron chi connectivity index (χ3n) is 13.1. The summed E-state index contributed by atoms with van der Waals surface area (Å²) in [6.07, 6.45) is 15.0. The van der Waals surface area contributed by atoms with E-state index in [2.05, 4.69) is 81.5 Å². The van der Waals surface area contributed by atoms with Crippen LogP contribution in [0.15, 0.2) is 125 Å². The Kier molecular flexibility index (Phi) is 14.1. The Labute approximate surface area is 399 Å². The van der Waals surface area contributed by atoms with Gasteiger partial charge in [-0.15, -0.1) is 0 Å². The molecule has 0 aromatic heterocycles. The standard InChI is InChI=1S/C52H54N4O10S2/c1-51(2)44-14-8-5-9-15-45-52(3,4)49-41-23-21-39(68(62,63)64)31-34(41)19-25-43(49)56(45)27-13-7-11-17-47(58)54-37-29-35(50(59)60)28-36(32-37)53-46(57)16-10-6-12-26-55(44)42-24-18-33-30-38(67-66-65-61)20-22-40(33)48(42)51/h5,8-9,14-15,18-25,28-32H,6-7,10-13,16-17,26-27H2,1-4H3,(H4-,53,54,57,58,59,60,61,62,63,64)/p-1. The third kappa shape index (κ3) is 10.0. The lowest BCUT2D eigenvalue weighted by Crippen LogP contribution is -2.28. The zero-order chi connectivity index (χ0) is 48.4. The number of aromatic carboxylic acids is 1. The molecule has 14 nitrogen and oxygen atoms in total. The van der Waals surface area contributed by atoms with Gasteiger partial charge in [-0.3, -0.25) is 14.6 Å². The van der Waals surface area contributed by atoms with Gasteiger partial charge in [-0.05, 0) is 127 Å². The average molecular weight is 958 g/mol. The number of benzene rings is 5. The molecule has 0 saturated carbocycles. The van der Waals surface area contributed by atoms with E-state index in [4.69, 9.17) is 0 Å². The zero-order valence-corrected chi connectivity index (χ0v) is 39.9. The van der Waals surface area contributed by atoms with Gasteiger partial charge in [0.25, 0.3) is 0 Å². The van der Waals surface area contributed by atoms with Gasteiger partial charge in [0, 0.05) is 76.6 Å². The monoisotopic (exact) mass is 957 g/mol. The molecular weight excluding hydrogens is 905 g/mol. The molecule has 0 unspecified atom stereocenters. The van der Waals surface area contributed by atoms with Crippen molar-refractivity contribution in [1.29, 1.82) is 0 Å². The highest BCUT2D eigenvalue weighted by Gasteiger charge is 2.45. The maximum atomic E-state index is 13.2. The van der Waals surface area contributed by atoms with Crippen molar-refractivity contribution >= 4 is 90.0 Å². The molecular formula is C52H53N4O10S2-. The van der Waals surface area contributed by atoms with E-state index in [-0.39, 0.29) is 46.5 Å². The number of allylic oxidation sites excluding steroid dienone is 6. The highest BCUT2D eigenvalue weighted by Crippen LogP contribution is 2.51. The normalized spacial score (nSPS) is 19.8. The molecule has 0 saturated heterocycles. The Morgan fingerprint density at radius 3 is 2.12 bits per heavy atom. The fourth-order valence-electron chi connectivity index (χ4n) is 10.1. The molecule has 0 fully saturated rings. The Morgan fingerprint density at radius 2 is 1.43 bits per heavy atom. The van der Waals surface area contributed by atoms with Crippen LogP contribution in [0.5, 0.6) is 0 Å². The van der Waals surface area contributed by atoms with Crippen LogP contribution in [-0.2, 0) is 39.9 Å². The summed E-state index contributed by atoms with van der Waals surface area (Å²) in [5.74, 6) is -1.71. The predicted octanol–water partition coefficient (Wildman–Crippen LogP) is 9.71. The van der Waals surface area contributed by atoms with Gasteiger partial charge < -0.3 is 30.4 Å². The molecule has 354 valence electrons. The molecule has 2 bridgehead atoms. The smallest absolute Gasteiger partial charge is 0.335 e. The molecule has 3 aliphatic heterocycles. The van der Waals surface area contributed by atoms with Gasteiger partial charge in [0.1, 0.15) is 16.7 Å². The lowest BCUT2D eigenvalue weighted by atomic mass is 9.79. The van der Waals surface area contributed by atoms with Crippen molar-refractivity contribution in [3.8, 4) is 0 Å². The van der Waals surface area contributed by atoms with Crippen molar-refractivity contribution in [2.75, 3.05) is 28.6 Å². The molecule has 0 aliphatic carbocycles. The Hall–Kier alpha value is -6.14. The number of hydrogen-bond donors (Lipinski definition) is 3. The zero-order valence-electron chi connectivity index (χ0n) is 38.3. The van der Waals surface area contributed by atoms with Crippen molar-refractivity contribution in [3.63, 3.8) is 0 Å². The minimum Gasteiger partial charge on any atom is -0.744 e. The van der Waals surface area contributed by atoms with Crippen molar-refractivity contribution in [3.05, 3.63) is 132 Å². The van der Waals surface area contributed by atoms with Crippen molar-refractivity contribution in [2.24, 2.45) is 0 Å². The number of fused-ring (bicyclic) bond motifs is 11. The van der Waals surface area contributed by atoms with Crippen molar-refractivity contribution < 1.29 is 51.7 Å². The first-order chi connectivity index (χ1) is 32.5. The summed E-state index contributed by atoms with van der Waals surface area (Å²) < 4.78 is 42.8. The van der Waals surface area contributed by atoms with Gasteiger partial charge in [0.2, 0.25) is 17.5 Å². The molecule has 3 heterocycles. The van der Waals surface area contributed by atoms with Crippen LogP contribution in [-0.4, -0.2) is 59.2 Å². The second-order valence-corrected chi connectivity index (χ2v) is 20.6. The SMILES string of the molecule is CC1(C)C2=[N+](CCCCCC(=O)Nc3cc(cc(C(=O)O)c3)NC(=O)CCCCCN3/C(=C/C=C/C=C/2)C(C)(C)c2c3ccc3cc(SOO[O-])ccc23)c2ccc3cc(S(=O)(=O)[O-])ccc3c21. The van der Waals surface area contributed by atoms with Crippen LogP contribution in [0.2, 0.25) is 0 Å². The summed E-state index contributed by atoms with van der Waals surface area (Å²) in [6, 6.07) is 22.7. The first-order valence-electron chi connectivity index (χ1n) is 22.7. The molecule has 5 aromatic carbocycles. The summed E-state index contributed by atoms with van der Waals surface area (Å²) in [4.78, 5) is 41.2. The number of anilines is 3. The second-order valence-electron chi connectivity index (χ2n) is 18.4. The van der Waals surface area contributed by atoms with Crippen LogP contribution < -0.4 is 20.8 Å². The van der Waals surface area contributed by atoms with E-state index in [0.29, 0.717) is 37.7 Å². The number of hydrogen-bond acceptors (Lipinski definition) is 11. The number of carboxylic acid groups (broad SMARTS) is 1. The number of nitrogens with one attached hydrogen (secondary N) is 2. The summed E-state index contributed by atoms with van der Waals surface area (Å²) in [5, 5.41) is 33.2. The molecule has 3 N–H and O–H groups in total. The van der Waals surface area contributed by atoms with Crippen LogP contribution in [0.1, 0.15) is 101 Å². The van der Waals surface area contributed by atoms with Gasteiger partial charge in [0.05, 0.1) is 27.9 Å². The van der Waals surface area contributed by atoms with Gasteiger partial charge in [-0.2, -0.15) is 8.91 Å². The largest absolute Gasteiger partial charge is 0.744 e. The Bertz CT molecular complexity index is 3080. The van der Waals surface area contributed by atoms with Crippen LogP contribution in [0.25, 0.3) is 21.5 Å². The number of nitrogens with zero attached hydrogens (tertiary/aromatic N) is 2. The van der Waals surface area contributed by atoms with Crippen molar-refractivity contribution in [1.82, 2.24) is 0 Å². The van der Waals surface area contributed by atoms with Crippen LogP contribution in [0, 0.1) is 0 Å². The van der Waals surface area contributed by atoms with Gasteiger partial charge in [0.15, 0.2) is 5.71 Å². The maximum Gasteiger partial charge on any atom is 0.335 e. The summed E-state index contributed by atoms with van der Waals surface area (Å²) in [5.41, 5.74) is 5.91. The molecule has 16 heteroatoms. The van der Waals surface area contributed by atoms with Crippen molar-refractivity contribution in [2.45, 2.75) is 99.7 Å². The quantitative estimate of drug-likeness (QED) is 0.0496. The number of carbonyl (C=O) groups excluding carboxylic acids is 2. The van der Waals surface area contributed by atoms with E-state index in [9.17, 15) is 37.7 Å². The molecule has 68 heavy (non-hydrogen) atoms. The number of rotatable bonds is 5. The average Bonchev–Trinajstić information content (AvgIpc) is 3.64. The summed E-state index contributed by atoms with van der Waals surface area (Å²) in [7, 11) is -4.66. The first-order valence-corrected chi connectivity index (χ1v) is 24.8. The van der Waals surface area contributed by atoms with E-state index >= 15 is 0 Å². The number of carboxylic acids is 1. The maximum absolute atomic E-state index is 13.2. The van der Waals surface area contributed by atoms with Crippen LogP contribution >= 0.6 is 12.0 Å². The minimum absolute atomic E-state index is 0.0627. The first kappa shape index (κ1) is 48.3. The molecule has 5 aromatic rings. The highest BCUT2D eigenvalue weighted by atomic mass is 32.2. The Morgan fingerprint density at radius 1 is 0.765 bits per heavy atom. The molecule has 2 amide bonds. The van der Waals surface area contributed by atoms with Crippen LogP contribution in [0.4, 0.5) is 22.7 Å². The topological polar surface area (TPSA) is 200 Å². The highest BCUT2D eigenvalue weighted by molar-refractivity contribution is 7.94. The predicted molar refractivity (Wildman–Crippen MR) is 261 cm³/mol. The van der Waals surface area contributed by atoms with E-state index in [1.54, 1.807) is 12.1 Å². The van der Waals surface area contributed by atoms with Gasteiger partial charge in [-0.1, -0.05) is 56.7 Å². The number of amides is 2.